The molecule has 22 heavy (non-hydrogen) atoms. The second-order valence-electron chi connectivity index (χ2n) is 4.92. The van der Waals surface area contributed by atoms with E-state index in [-0.39, 0.29) is 0 Å². The van der Waals surface area contributed by atoms with Crippen LogP contribution >= 0.6 is 0 Å². The summed E-state index contributed by atoms with van der Waals surface area (Å²) in [4.78, 5) is 8.47. The van der Waals surface area contributed by atoms with Gasteiger partial charge in [0, 0.05) is 17.3 Å². The van der Waals surface area contributed by atoms with Crippen LogP contribution in [0.15, 0.2) is 49.2 Å². The molecule has 3 rings (SSSR count). The van der Waals surface area contributed by atoms with E-state index in [1.54, 1.807) is 17.2 Å². The standard InChI is InChI=1S/C17H15N5/c1-2-5-13-8-9-20-17(22-12-19-11-21-22)16(13)15-7-4-3-6-14(15)10-18/h3-4,6-9,11-12H,2,5H2,1H3. The molecule has 0 unspecified atom stereocenters. The molecule has 0 spiro atoms. The topological polar surface area (TPSA) is 67.4 Å². The van der Waals surface area contributed by atoms with Crippen LogP contribution in [0, 0.1) is 11.3 Å². The van der Waals surface area contributed by atoms with Crippen molar-refractivity contribution in [3.63, 3.8) is 0 Å². The Morgan fingerprint density at radius 2 is 2.09 bits per heavy atom. The SMILES string of the molecule is CCCc1ccnc(-n2cncn2)c1-c1ccccc1C#N. The Morgan fingerprint density at radius 1 is 1.23 bits per heavy atom. The zero-order valence-corrected chi connectivity index (χ0v) is 12.3. The van der Waals surface area contributed by atoms with Gasteiger partial charge < -0.3 is 0 Å². The second-order valence-corrected chi connectivity index (χ2v) is 4.92. The summed E-state index contributed by atoms with van der Waals surface area (Å²) in [6, 6.07) is 11.8. The molecular formula is C17H15N5. The molecule has 5 nitrogen and oxygen atoms in total. The third kappa shape index (κ3) is 2.47. The van der Waals surface area contributed by atoms with E-state index in [0.29, 0.717) is 11.4 Å². The lowest BCUT2D eigenvalue weighted by molar-refractivity contribution is 0.837. The molecule has 5 heteroatoms. The summed E-state index contributed by atoms with van der Waals surface area (Å²) < 4.78 is 1.64. The van der Waals surface area contributed by atoms with Crippen LogP contribution in [0.5, 0.6) is 0 Å². The maximum absolute atomic E-state index is 9.42. The summed E-state index contributed by atoms with van der Waals surface area (Å²) in [5.41, 5.74) is 3.62. The lowest BCUT2D eigenvalue weighted by Crippen LogP contribution is -2.04. The van der Waals surface area contributed by atoms with E-state index in [0.717, 1.165) is 29.5 Å². The molecule has 0 atom stereocenters. The van der Waals surface area contributed by atoms with Crippen molar-refractivity contribution in [3.8, 4) is 23.0 Å². The highest BCUT2D eigenvalue weighted by atomic mass is 15.3. The third-order valence-corrected chi connectivity index (χ3v) is 3.49. The highest BCUT2D eigenvalue weighted by Gasteiger charge is 2.16. The molecule has 0 amide bonds. The maximum atomic E-state index is 9.42. The predicted octanol–water partition coefficient (Wildman–Crippen LogP) is 3.15. The summed E-state index contributed by atoms with van der Waals surface area (Å²) in [7, 11) is 0. The Morgan fingerprint density at radius 3 is 2.82 bits per heavy atom. The highest BCUT2D eigenvalue weighted by Crippen LogP contribution is 2.31. The average Bonchev–Trinajstić information content (AvgIpc) is 3.09. The summed E-state index contributed by atoms with van der Waals surface area (Å²) >= 11 is 0. The maximum Gasteiger partial charge on any atom is 0.163 e. The van der Waals surface area contributed by atoms with E-state index in [4.69, 9.17) is 0 Å². The first-order valence-corrected chi connectivity index (χ1v) is 7.17. The molecule has 0 saturated heterocycles. The summed E-state index contributed by atoms with van der Waals surface area (Å²) in [6.07, 6.45) is 6.81. The van der Waals surface area contributed by atoms with Crippen molar-refractivity contribution in [3.05, 3.63) is 60.3 Å². The first-order chi connectivity index (χ1) is 10.8. The molecule has 0 aliphatic heterocycles. The molecule has 0 radical (unpaired) electrons. The van der Waals surface area contributed by atoms with E-state index in [1.165, 1.54) is 6.33 Å². The molecule has 3 aromatic rings. The van der Waals surface area contributed by atoms with Crippen LogP contribution in [0.4, 0.5) is 0 Å². The minimum Gasteiger partial charge on any atom is -0.236 e. The van der Waals surface area contributed by atoms with Gasteiger partial charge in [-0.05, 0) is 24.1 Å². The van der Waals surface area contributed by atoms with Crippen molar-refractivity contribution in [1.29, 1.82) is 5.26 Å². The van der Waals surface area contributed by atoms with Crippen molar-refractivity contribution in [2.45, 2.75) is 19.8 Å². The molecule has 0 bridgehead atoms. The lowest BCUT2D eigenvalue weighted by atomic mass is 9.94. The minimum atomic E-state index is 0.634. The summed E-state index contributed by atoms with van der Waals surface area (Å²) in [5.74, 6) is 0.700. The molecule has 0 aliphatic rings. The van der Waals surface area contributed by atoms with Crippen molar-refractivity contribution in [2.24, 2.45) is 0 Å². The van der Waals surface area contributed by atoms with Crippen LogP contribution in [0.25, 0.3) is 16.9 Å². The Hall–Kier alpha value is -3.00. The quantitative estimate of drug-likeness (QED) is 0.740. The molecule has 0 aliphatic carbocycles. The van der Waals surface area contributed by atoms with Gasteiger partial charge in [0.15, 0.2) is 5.82 Å². The summed E-state index contributed by atoms with van der Waals surface area (Å²) in [6.45, 7) is 2.13. The number of pyridine rings is 1. The fourth-order valence-corrected chi connectivity index (χ4v) is 2.55. The van der Waals surface area contributed by atoms with E-state index in [9.17, 15) is 5.26 Å². The number of aromatic nitrogens is 4. The van der Waals surface area contributed by atoms with Crippen molar-refractivity contribution < 1.29 is 0 Å². The van der Waals surface area contributed by atoms with Crippen LogP contribution in [0.2, 0.25) is 0 Å². The van der Waals surface area contributed by atoms with Crippen molar-refractivity contribution in [2.75, 3.05) is 0 Å². The fraction of sp³-hybridized carbons (Fsp3) is 0.176. The Balaban J connectivity index is 2.30. The van der Waals surface area contributed by atoms with Gasteiger partial charge in [0.25, 0.3) is 0 Å². The Kier molecular flexibility index (Phi) is 3.92. The van der Waals surface area contributed by atoms with Crippen molar-refractivity contribution >= 4 is 0 Å². The van der Waals surface area contributed by atoms with Gasteiger partial charge in [-0.25, -0.2) is 14.6 Å². The van der Waals surface area contributed by atoms with Crippen LogP contribution in [-0.2, 0) is 6.42 Å². The van der Waals surface area contributed by atoms with Crippen LogP contribution in [0.1, 0.15) is 24.5 Å². The van der Waals surface area contributed by atoms with Gasteiger partial charge in [-0.1, -0.05) is 31.5 Å². The molecule has 0 fully saturated rings. The summed E-state index contributed by atoms with van der Waals surface area (Å²) in [5, 5.41) is 13.6. The number of rotatable bonds is 4. The zero-order chi connectivity index (χ0) is 15.4. The van der Waals surface area contributed by atoms with Gasteiger partial charge in [0.05, 0.1) is 11.6 Å². The Labute approximate surface area is 128 Å². The number of nitriles is 1. The molecule has 0 N–H and O–H groups in total. The lowest BCUT2D eigenvalue weighted by Gasteiger charge is -2.14. The number of hydrogen-bond acceptors (Lipinski definition) is 4. The monoisotopic (exact) mass is 289 g/mol. The smallest absolute Gasteiger partial charge is 0.163 e. The number of hydrogen-bond donors (Lipinski definition) is 0. The molecule has 2 aromatic heterocycles. The van der Waals surface area contributed by atoms with Gasteiger partial charge in [-0.3, -0.25) is 0 Å². The van der Waals surface area contributed by atoms with Crippen molar-refractivity contribution in [1.82, 2.24) is 19.7 Å². The number of benzene rings is 1. The van der Waals surface area contributed by atoms with Gasteiger partial charge in [-0.15, -0.1) is 0 Å². The number of aryl methyl sites for hydroxylation is 1. The molecule has 1 aromatic carbocycles. The zero-order valence-electron chi connectivity index (χ0n) is 12.3. The van der Waals surface area contributed by atoms with Crippen LogP contribution < -0.4 is 0 Å². The first kappa shape index (κ1) is 14.0. The van der Waals surface area contributed by atoms with E-state index >= 15 is 0 Å². The highest BCUT2D eigenvalue weighted by molar-refractivity contribution is 5.78. The van der Waals surface area contributed by atoms with Gasteiger partial charge in [0.1, 0.15) is 12.7 Å². The predicted molar refractivity (Wildman–Crippen MR) is 83.3 cm³/mol. The van der Waals surface area contributed by atoms with Gasteiger partial charge >= 0.3 is 0 Å². The molecular weight excluding hydrogens is 274 g/mol. The second kappa shape index (κ2) is 6.19. The third-order valence-electron chi connectivity index (χ3n) is 3.49. The Bertz CT molecular complexity index is 815. The van der Waals surface area contributed by atoms with Gasteiger partial charge in [-0.2, -0.15) is 10.4 Å². The first-order valence-electron chi connectivity index (χ1n) is 7.17. The normalized spacial score (nSPS) is 10.4. The van der Waals surface area contributed by atoms with Crippen LogP contribution in [0.3, 0.4) is 0 Å². The number of nitrogens with zero attached hydrogens (tertiary/aromatic N) is 5. The van der Waals surface area contributed by atoms with Crippen LogP contribution in [-0.4, -0.2) is 19.7 Å². The minimum absolute atomic E-state index is 0.634. The van der Waals surface area contributed by atoms with E-state index in [2.05, 4.69) is 28.1 Å². The van der Waals surface area contributed by atoms with E-state index in [1.807, 2.05) is 30.3 Å². The molecule has 108 valence electrons. The molecule has 2 heterocycles. The largest absolute Gasteiger partial charge is 0.236 e. The average molecular weight is 289 g/mol. The van der Waals surface area contributed by atoms with E-state index < -0.39 is 0 Å². The molecule has 0 saturated carbocycles. The fourth-order valence-electron chi connectivity index (χ4n) is 2.55. The van der Waals surface area contributed by atoms with Gasteiger partial charge in [0.2, 0.25) is 0 Å².